The lowest BCUT2D eigenvalue weighted by Crippen LogP contribution is -2.33. The molecule has 1 heterocycles. The maximum atomic E-state index is 12.7. The summed E-state index contributed by atoms with van der Waals surface area (Å²) in [4.78, 5) is 17.3. The molecule has 1 fully saturated rings. The number of nitrogens with zero attached hydrogens (tertiary/aromatic N) is 1. The molecule has 0 saturated heterocycles. The smallest absolute Gasteiger partial charge is 0.240 e. The largest absolute Gasteiger partial charge is 0.324 e. The topological polar surface area (TPSA) is 88.2 Å². The molecule has 162 valence electrons. The Morgan fingerprint density at radius 3 is 2.48 bits per heavy atom. The molecule has 3 aromatic rings. The number of nitrogens with one attached hydrogen (secondary N) is 2. The normalized spacial score (nSPS) is 19.3. The van der Waals surface area contributed by atoms with E-state index in [-0.39, 0.29) is 22.6 Å². The van der Waals surface area contributed by atoms with Crippen molar-refractivity contribution in [2.24, 2.45) is 11.8 Å². The average molecular weight is 502 g/mol. The molecule has 0 atom stereocenters. The molecule has 1 amide bonds. The molecule has 31 heavy (non-hydrogen) atoms. The monoisotopic (exact) mass is 501 g/mol. The van der Waals surface area contributed by atoms with Gasteiger partial charge in [-0.1, -0.05) is 34.1 Å². The number of hydrogen-bond acceptors (Lipinski definition) is 4. The summed E-state index contributed by atoms with van der Waals surface area (Å²) in [6, 6.07) is 16.3. The minimum absolute atomic E-state index is 0.00553. The highest BCUT2D eigenvalue weighted by atomic mass is 79.9. The van der Waals surface area contributed by atoms with E-state index in [0.29, 0.717) is 12.2 Å². The van der Waals surface area contributed by atoms with Gasteiger partial charge in [0, 0.05) is 22.3 Å². The first kappa shape index (κ1) is 21.9. The van der Waals surface area contributed by atoms with Crippen molar-refractivity contribution in [1.82, 2.24) is 9.71 Å². The van der Waals surface area contributed by atoms with Crippen molar-refractivity contribution >= 4 is 48.5 Å². The fraction of sp³-hybridized carbons (Fsp3) is 0.304. The lowest BCUT2D eigenvalue weighted by molar-refractivity contribution is -0.121. The molecule has 1 aliphatic rings. The molecule has 0 unspecified atom stereocenters. The highest BCUT2D eigenvalue weighted by Gasteiger charge is 2.27. The van der Waals surface area contributed by atoms with Crippen LogP contribution in [0.5, 0.6) is 0 Å². The van der Waals surface area contributed by atoms with E-state index in [4.69, 9.17) is 0 Å². The predicted molar refractivity (Wildman–Crippen MR) is 125 cm³/mol. The fourth-order valence-corrected chi connectivity index (χ4v) is 5.32. The molecule has 0 aliphatic heterocycles. The van der Waals surface area contributed by atoms with Crippen molar-refractivity contribution in [1.29, 1.82) is 0 Å². The number of carbonyl (C=O) groups is 1. The summed E-state index contributed by atoms with van der Waals surface area (Å²) >= 11 is 3.31. The van der Waals surface area contributed by atoms with Gasteiger partial charge in [-0.2, -0.15) is 0 Å². The average Bonchev–Trinajstić information content (AvgIpc) is 2.78. The molecule has 2 aromatic carbocycles. The van der Waals surface area contributed by atoms with Gasteiger partial charge in [-0.25, -0.2) is 13.1 Å². The standard InChI is InChI=1S/C23H24BrN3O3S/c24-19-9-11-21(12-10-19)31(29,30)26-14-16-5-7-17(8-6-16)23(28)27-20-13-18-3-1-2-4-22(18)25-15-20/h1-4,9-13,15-17,26H,5-8,14H2,(H,27,28). The van der Waals surface area contributed by atoms with Crippen LogP contribution in [0.2, 0.25) is 0 Å². The van der Waals surface area contributed by atoms with E-state index in [1.54, 1.807) is 30.5 Å². The molecule has 1 aromatic heterocycles. The van der Waals surface area contributed by atoms with Gasteiger partial charge in [-0.15, -0.1) is 0 Å². The zero-order valence-corrected chi connectivity index (χ0v) is 19.3. The number of amides is 1. The third kappa shape index (κ3) is 5.50. The number of rotatable bonds is 6. The Balaban J connectivity index is 1.27. The van der Waals surface area contributed by atoms with Crippen LogP contribution in [0.25, 0.3) is 10.9 Å². The highest BCUT2D eigenvalue weighted by molar-refractivity contribution is 9.10. The number of halogens is 1. The Labute approximate surface area is 190 Å². The predicted octanol–water partition coefficient (Wildman–Crippen LogP) is 4.72. The van der Waals surface area contributed by atoms with Gasteiger partial charge in [-0.3, -0.25) is 9.78 Å². The Kier molecular flexibility index (Phi) is 6.69. The SMILES string of the molecule is O=C(Nc1cnc2ccccc2c1)C1CCC(CNS(=O)(=O)c2ccc(Br)cc2)CC1. The van der Waals surface area contributed by atoms with Crippen molar-refractivity contribution < 1.29 is 13.2 Å². The fourth-order valence-electron chi connectivity index (χ4n) is 3.94. The molecule has 6 nitrogen and oxygen atoms in total. The van der Waals surface area contributed by atoms with Crippen molar-refractivity contribution in [2.45, 2.75) is 30.6 Å². The van der Waals surface area contributed by atoms with E-state index >= 15 is 0 Å². The summed E-state index contributed by atoms with van der Waals surface area (Å²) in [7, 11) is -3.52. The van der Waals surface area contributed by atoms with Crippen LogP contribution < -0.4 is 10.0 Å². The van der Waals surface area contributed by atoms with Gasteiger partial charge in [0.2, 0.25) is 15.9 Å². The molecule has 0 bridgehead atoms. The first-order valence-electron chi connectivity index (χ1n) is 10.3. The van der Waals surface area contributed by atoms with Gasteiger partial charge >= 0.3 is 0 Å². The number of para-hydroxylation sites is 1. The van der Waals surface area contributed by atoms with E-state index < -0.39 is 10.0 Å². The number of pyridine rings is 1. The number of benzene rings is 2. The number of sulfonamides is 1. The van der Waals surface area contributed by atoms with E-state index in [1.807, 2.05) is 30.3 Å². The zero-order valence-electron chi connectivity index (χ0n) is 16.9. The van der Waals surface area contributed by atoms with Crippen LogP contribution in [-0.2, 0) is 14.8 Å². The lowest BCUT2D eigenvalue weighted by Gasteiger charge is -2.27. The van der Waals surface area contributed by atoms with Crippen molar-refractivity contribution in [3.05, 3.63) is 65.3 Å². The van der Waals surface area contributed by atoms with E-state index in [9.17, 15) is 13.2 Å². The maximum Gasteiger partial charge on any atom is 0.240 e. The number of carbonyl (C=O) groups excluding carboxylic acids is 1. The van der Waals surface area contributed by atoms with Crippen molar-refractivity contribution in [3.8, 4) is 0 Å². The second-order valence-electron chi connectivity index (χ2n) is 7.93. The number of aromatic nitrogens is 1. The number of fused-ring (bicyclic) bond motifs is 1. The van der Waals surface area contributed by atoms with Crippen LogP contribution in [0.4, 0.5) is 5.69 Å². The molecule has 2 N–H and O–H groups in total. The first-order valence-corrected chi connectivity index (χ1v) is 12.6. The molecular weight excluding hydrogens is 478 g/mol. The molecular formula is C23H24BrN3O3S. The van der Waals surface area contributed by atoms with Crippen LogP contribution in [0, 0.1) is 11.8 Å². The molecule has 0 radical (unpaired) electrons. The molecule has 4 rings (SSSR count). The van der Waals surface area contributed by atoms with E-state index in [0.717, 1.165) is 41.1 Å². The Morgan fingerprint density at radius 1 is 1.03 bits per heavy atom. The quantitative estimate of drug-likeness (QED) is 0.511. The van der Waals surface area contributed by atoms with Gasteiger partial charge < -0.3 is 5.32 Å². The molecule has 1 aliphatic carbocycles. The third-order valence-electron chi connectivity index (χ3n) is 5.76. The van der Waals surface area contributed by atoms with Crippen LogP contribution >= 0.6 is 15.9 Å². The third-order valence-corrected chi connectivity index (χ3v) is 7.73. The van der Waals surface area contributed by atoms with Gasteiger partial charge in [0.1, 0.15) is 0 Å². The maximum absolute atomic E-state index is 12.7. The summed E-state index contributed by atoms with van der Waals surface area (Å²) in [5.74, 6) is 0.174. The summed E-state index contributed by atoms with van der Waals surface area (Å²) in [6.07, 6.45) is 4.81. The molecule has 8 heteroatoms. The van der Waals surface area contributed by atoms with Gasteiger partial charge in [-0.05, 0) is 68.0 Å². The Bertz CT molecular complexity index is 1170. The molecule has 0 spiro atoms. The first-order chi connectivity index (χ1) is 14.9. The highest BCUT2D eigenvalue weighted by Crippen LogP contribution is 2.30. The minimum Gasteiger partial charge on any atom is -0.324 e. The summed E-state index contributed by atoms with van der Waals surface area (Å²) in [6.45, 7) is 0.390. The van der Waals surface area contributed by atoms with Gasteiger partial charge in [0.15, 0.2) is 0 Å². The summed E-state index contributed by atoms with van der Waals surface area (Å²) in [5, 5.41) is 3.97. The van der Waals surface area contributed by atoms with Crippen LogP contribution in [-0.4, -0.2) is 25.9 Å². The Hall–Kier alpha value is -2.29. The second kappa shape index (κ2) is 9.46. The summed E-state index contributed by atoms with van der Waals surface area (Å²) < 4.78 is 28.5. The molecule has 1 saturated carbocycles. The zero-order chi connectivity index (χ0) is 21.8. The van der Waals surface area contributed by atoms with Gasteiger partial charge in [0.05, 0.1) is 22.3 Å². The van der Waals surface area contributed by atoms with Crippen molar-refractivity contribution in [2.75, 3.05) is 11.9 Å². The lowest BCUT2D eigenvalue weighted by atomic mass is 9.81. The minimum atomic E-state index is -3.52. The van der Waals surface area contributed by atoms with E-state index in [2.05, 4.69) is 31.0 Å². The summed E-state index contributed by atoms with van der Waals surface area (Å²) in [5.41, 5.74) is 1.60. The van der Waals surface area contributed by atoms with Crippen LogP contribution in [0.3, 0.4) is 0 Å². The van der Waals surface area contributed by atoms with Crippen molar-refractivity contribution in [3.63, 3.8) is 0 Å². The number of anilines is 1. The second-order valence-corrected chi connectivity index (χ2v) is 10.6. The van der Waals surface area contributed by atoms with Crippen LogP contribution in [0.15, 0.2) is 70.2 Å². The van der Waals surface area contributed by atoms with Gasteiger partial charge in [0.25, 0.3) is 0 Å². The van der Waals surface area contributed by atoms with E-state index in [1.165, 1.54) is 0 Å². The van der Waals surface area contributed by atoms with Crippen LogP contribution in [0.1, 0.15) is 25.7 Å². The Morgan fingerprint density at radius 2 is 1.74 bits per heavy atom. The number of hydrogen-bond donors (Lipinski definition) is 2.